The molecule has 4 aromatic rings. The van der Waals surface area contributed by atoms with Gasteiger partial charge in [-0.2, -0.15) is 0 Å². The fourth-order valence-electron chi connectivity index (χ4n) is 4.15. The number of H-pyrrole nitrogens is 1. The number of rotatable bonds is 5. The van der Waals surface area contributed by atoms with Gasteiger partial charge in [0.25, 0.3) is 5.56 Å². The molecule has 3 N–H and O–H groups in total. The van der Waals surface area contributed by atoms with Crippen molar-refractivity contribution in [2.75, 3.05) is 24.7 Å². The average Bonchev–Trinajstić information content (AvgIpc) is 2.85. The largest absolute Gasteiger partial charge is 0.340 e. The lowest BCUT2D eigenvalue weighted by molar-refractivity contribution is 0.460. The van der Waals surface area contributed by atoms with E-state index in [-0.39, 0.29) is 5.56 Å². The van der Waals surface area contributed by atoms with Gasteiger partial charge in [-0.15, -0.1) is 0 Å². The van der Waals surface area contributed by atoms with E-state index in [4.69, 9.17) is 4.98 Å². The number of thioether (sulfide) groups is 1. The van der Waals surface area contributed by atoms with E-state index in [2.05, 4.69) is 49.9 Å². The van der Waals surface area contributed by atoms with Crippen LogP contribution >= 0.6 is 11.8 Å². The molecule has 0 bridgehead atoms. The Bertz CT molecular complexity index is 1300. The Labute approximate surface area is 190 Å². The summed E-state index contributed by atoms with van der Waals surface area (Å²) >= 11 is 1.48. The number of piperidine rings is 1. The number of nitrogens with zero attached hydrogens (tertiary/aromatic N) is 3. The molecule has 0 unspecified atom stereocenters. The van der Waals surface area contributed by atoms with Crippen LogP contribution in [0.3, 0.4) is 0 Å². The van der Waals surface area contributed by atoms with Crippen molar-refractivity contribution in [3.05, 3.63) is 70.8 Å². The second-order valence-electron chi connectivity index (χ2n) is 7.83. The summed E-state index contributed by atoms with van der Waals surface area (Å²) in [4.78, 5) is 29.0. The third kappa shape index (κ3) is 4.24. The van der Waals surface area contributed by atoms with E-state index in [0.29, 0.717) is 28.0 Å². The SMILES string of the molecule is CSc1nccc(-c2cc3cc[nH]c(=O)c3c(Nc3ccc(C4CCNCC4)cc3)n2)n1. The van der Waals surface area contributed by atoms with Crippen LogP contribution in [0.2, 0.25) is 0 Å². The Morgan fingerprint density at radius 1 is 1.03 bits per heavy atom. The number of hydrogen-bond donors (Lipinski definition) is 3. The van der Waals surface area contributed by atoms with Gasteiger partial charge < -0.3 is 15.6 Å². The molecular formula is C24H24N6OS. The van der Waals surface area contributed by atoms with Crippen molar-refractivity contribution < 1.29 is 0 Å². The molecule has 1 aliphatic heterocycles. The Kier molecular flexibility index (Phi) is 5.87. The predicted octanol–water partition coefficient (Wildman–Crippen LogP) is 4.31. The number of fused-ring (bicyclic) bond motifs is 1. The average molecular weight is 445 g/mol. The van der Waals surface area contributed by atoms with Crippen LogP contribution in [0.15, 0.2) is 64.8 Å². The summed E-state index contributed by atoms with van der Waals surface area (Å²) in [6, 6.07) is 14.1. The van der Waals surface area contributed by atoms with E-state index in [0.717, 1.165) is 42.7 Å². The molecule has 8 heteroatoms. The van der Waals surface area contributed by atoms with Gasteiger partial charge in [0.15, 0.2) is 5.16 Å². The number of benzene rings is 1. The van der Waals surface area contributed by atoms with Crippen molar-refractivity contribution in [1.82, 2.24) is 25.3 Å². The van der Waals surface area contributed by atoms with Crippen LogP contribution in [0.5, 0.6) is 0 Å². The van der Waals surface area contributed by atoms with Gasteiger partial charge in [-0.3, -0.25) is 4.79 Å². The zero-order chi connectivity index (χ0) is 21.9. The van der Waals surface area contributed by atoms with E-state index in [1.165, 1.54) is 17.3 Å². The molecule has 162 valence electrons. The lowest BCUT2D eigenvalue weighted by Gasteiger charge is -2.23. The van der Waals surface area contributed by atoms with E-state index in [9.17, 15) is 4.79 Å². The Hall–Kier alpha value is -3.23. The maximum absolute atomic E-state index is 12.6. The zero-order valence-electron chi connectivity index (χ0n) is 17.8. The van der Waals surface area contributed by atoms with Crippen molar-refractivity contribution in [2.24, 2.45) is 0 Å². The third-order valence-electron chi connectivity index (χ3n) is 5.82. The molecule has 5 rings (SSSR count). The molecule has 1 aromatic carbocycles. The molecule has 0 saturated carbocycles. The van der Waals surface area contributed by atoms with Crippen molar-refractivity contribution >= 4 is 34.0 Å². The second-order valence-corrected chi connectivity index (χ2v) is 8.60. The summed E-state index contributed by atoms with van der Waals surface area (Å²) in [5, 5.41) is 8.79. The number of aromatic amines is 1. The molecular weight excluding hydrogens is 420 g/mol. The molecule has 7 nitrogen and oxygen atoms in total. The molecule has 32 heavy (non-hydrogen) atoms. The molecule has 1 aliphatic rings. The van der Waals surface area contributed by atoms with Crippen LogP contribution in [0, 0.1) is 0 Å². The van der Waals surface area contributed by atoms with Crippen molar-refractivity contribution in [3.63, 3.8) is 0 Å². The smallest absolute Gasteiger partial charge is 0.259 e. The van der Waals surface area contributed by atoms with Crippen LogP contribution in [0.4, 0.5) is 11.5 Å². The molecule has 0 radical (unpaired) electrons. The fourth-order valence-corrected chi connectivity index (χ4v) is 4.50. The van der Waals surface area contributed by atoms with Gasteiger partial charge >= 0.3 is 0 Å². The molecule has 1 saturated heterocycles. The van der Waals surface area contributed by atoms with E-state index in [1.54, 1.807) is 12.4 Å². The highest BCUT2D eigenvalue weighted by Gasteiger charge is 2.16. The normalized spacial score (nSPS) is 14.5. The molecule has 0 aliphatic carbocycles. The van der Waals surface area contributed by atoms with Crippen molar-refractivity contribution in [3.8, 4) is 11.4 Å². The highest BCUT2D eigenvalue weighted by atomic mass is 32.2. The van der Waals surface area contributed by atoms with Crippen molar-refractivity contribution in [2.45, 2.75) is 23.9 Å². The molecule has 0 spiro atoms. The van der Waals surface area contributed by atoms with Crippen LogP contribution in [0.1, 0.15) is 24.3 Å². The maximum Gasteiger partial charge on any atom is 0.259 e. The topological polar surface area (TPSA) is 95.6 Å². The fraction of sp³-hybridized carbons (Fsp3) is 0.250. The van der Waals surface area contributed by atoms with E-state index >= 15 is 0 Å². The molecule has 4 heterocycles. The zero-order valence-corrected chi connectivity index (χ0v) is 18.6. The highest BCUT2D eigenvalue weighted by Crippen LogP contribution is 2.30. The summed E-state index contributed by atoms with van der Waals surface area (Å²) in [6.45, 7) is 2.13. The van der Waals surface area contributed by atoms with Crippen LogP contribution in [0.25, 0.3) is 22.2 Å². The number of pyridine rings is 2. The van der Waals surface area contributed by atoms with Gasteiger partial charge in [0.05, 0.1) is 16.8 Å². The minimum Gasteiger partial charge on any atom is -0.340 e. The summed E-state index contributed by atoms with van der Waals surface area (Å²) in [6.07, 6.45) is 7.64. The summed E-state index contributed by atoms with van der Waals surface area (Å²) in [5.41, 5.74) is 3.48. The Morgan fingerprint density at radius 3 is 2.62 bits per heavy atom. The lowest BCUT2D eigenvalue weighted by Crippen LogP contribution is -2.26. The molecule has 0 atom stereocenters. The summed E-state index contributed by atoms with van der Waals surface area (Å²) in [5.74, 6) is 1.11. The maximum atomic E-state index is 12.6. The second kappa shape index (κ2) is 9.10. The first kappa shape index (κ1) is 20.7. The highest BCUT2D eigenvalue weighted by molar-refractivity contribution is 7.98. The Morgan fingerprint density at radius 2 is 1.84 bits per heavy atom. The van der Waals surface area contributed by atoms with Gasteiger partial charge in [-0.25, -0.2) is 15.0 Å². The van der Waals surface area contributed by atoms with Gasteiger partial charge in [0.2, 0.25) is 0 Å². The number of anilines is 2. The minimum atomic E-state index is -0.178. The third-order valence-corrected chi connectivity index (χ3v) is 6.38. The lowest BCUT2D eigenvalue weighted by atomic mass is 9.90. The van der Waals surface area contributed by atoms with E-state index in [1.807, 2.05) is 24.5 Å². The first-order valence-electron chi connectivity index (χ1n) is 10.7. The minimum absolute atomic E-state index is 0.178. The predicted molar refractivity (Wildman–Crippen MR) is 130 cm³/mol. The van der Waals surface area contributed by atoms with Crippen LogP contribution in [-0.4, -0.2) is 39.3 Å². The van der Waals surface area contributed by atoms with E-state index < -0.39 is 0 Å². The number of nitrogens with one attached hydrogen (secondary N) is 3. The standard InChI is InChI=1S/C24H24N6OS/c1-32-24-27-13-9-19(30-24)20-14-17-8-12-26-23(31)21(17)22(29-20)28-18-4-2-15(3-5-18)16-6-10-25-11-7-16/h2-5,8-9,12-14,16,25H,6-7,10-11H2,1H3,(H,26,31)(H,28,29). The van der Waals surface area contributed by atoms with Gasteiger partial charge in [0.1, 0.15) is 5.82 Å². The first-order chi connectivity index (χ1) is 15.7. The molecule has 3 aromatic heterocycles. The van der Waals surface area contributed by atoms with Gasteiger partial charge in [-0.1, -0.05) is 23.9 Å². The van der Waals surface area contributed by atoms with Crippen LogP contribution < -0.4 is 16.2 Å². The van der Waals surface area contributed by atoms with Crippen LogP contribution in [-0.2, 0) is 0 Å². The quantitative estimate of drug-likeness (QED) is 0.312. The molecule has 0 amide bonds. The number of hydrogen-bond acceptors (Lipinski definition) is 7. The first-order valence-corrected chi connectivity index (χ1v) is 11.9. The number of aromatic nitrogens is 4. The van der Waals surface area contributed by atoms with Crippen molar-refractivity contribution in [1.29, 1.82) is 0 Å². The molecule has 1 fully saturated rings. The van der Waals surface area contributed by atoms with Gasteiger partial charge in [-0.05, 0) is 79.4 Å². The summed E-state index contributed by atoms with van der Waals surface area (Å²) in [7, 11) is 0. The van der Waals surface area contributed by atoms with Gasteiger partial charge in [0, 0.05) is 18.1 Å². The summed E-state index contributed by atoms with van der Waals surface area (Å²) < 4.78 is 0. The Balaban J connectivity index is 1.53. The monoisotopic (exact) mass is 444 g/mol.